The summed E-state index contributed by atoms with van der Waals surface area (Å²) in [5.74, 6) is 2.95. The third-order valence-electron chi connectivity index (χ3n) is 9.11. The van der Waals surface area contributed by atoms with Crippen molar-refractivity contribution in [1.29, 1.82) is 0 Å². The number of halogens is 2. The number of nitrogens with zero attached hydrogens (tertiary/aromatic N) is 5. The molecule has 40 heavy (non-hydrogen) atoms. The Morgan fingerprint density at radius 1 is 1.15 bits per heavy atom. The van der Waals surface area contributed by atoms with Gasteiger partial charge in [-0.15, -0.1) is 0 Å². The average Bonchev–Trinajstić information content (AvgIpc) is 3.32. The average molecular weight is 567 g/mol. The lowest BCUT2D eigenvalue weighted by molar-refractivity contribution is -0.131. The number of rotatable bonds is 8. The first-order chi connectivity index (χ1) is 19.4. The SMILES string of the molecule is Cc1[nH]nc2c1CN(C(=O)Cc1ccc(OCCC3CCC3C3CCN(c4ncc(Cl)cn4)CC3)cc1F)CC2. The molecule has 2 aromatic heterocycles. The summed E-state index contributed by atoms with van der Waals surface area (Å²) in [6.45, 7) is 5.63. The second-order valence-corrected chi connectivity index (χ2v) is 11.9. The predicted molar refractivity (Wildman–Crippen MR) is 151 cm³/mol. The summed E-state index contributed by atoms with van der Waals surface area (Å²) < 4.78 is 20.8. The molecule has 1 aliphatic carbocycles. The molecule has 1 aromatic carbocycles. The molecule has 2 fully saturated rings. The Morgan fingerprint density at radius 3 is 2.67 bits per heavy atom. The van der Waals surface area contributed by atoms with E-state index in [1.54, 1.807) is 29.4 Å². The summed E-state index contributed by atoms with van der Waals surface area (Å²) in [7, 11) is 0. The number of aromatic amines is 1. The zero-order chi connectivity index (χ0) is 27.6. The van der Waals surface area contributed by atoms with Crippen molar-refractivity contribution in [3.63, 3.8) is 0 Å². The number of aromatic nitrogens is 4. The number of benzene rings is 1. The summed E-state index contributed by atoms with van der Waals surface area (Å²) in [6, 6.07) is 4.89. The number of piperidine rings is 1. The fraction of sp³-hybridized carbons (Fsp3) is 0.533. The molecule has 0 spiro atoms. The van der Waals surface area contributed by atoms with E-state index < -0.39 is 0 Å². The molecule has 2 atom stereocenters. The van der Waals surface area contributed by atoms with E-state index in [0.717, 1.165) is 73.5 Å². The van der Waals surface area contributed by atoms with Crippen LogP contribution in [-0.2, 0) is 24.2 Å². The van der Waals surface area contributed by atoms with Crippen molar-refractivity contribution in [2.24, 2.45) is 17.8 Å². The van der Waals surface area contributed by atoms with Crippen LogP contribution >= 0.6 is 11.6 Å². The molecule has 1 amide bonds. The van der Waals surface area contributed by atoms with Gasteiger partial charge in [0.25, 0.3) is 0 Å². The van der Waals surface area contributed by atoms with E-state index in [1.165, 1.54) is 18.9 Å². The quantitative estimate of drug-likeness (QED) is 0.406. The minimum absolute atomic E-state index is 0.0467. The second kappa shape index (κ2) is 11.7. The maximum atomic E-state index is 14.9. The van der Waals surface area contributed by atoms with Gasteiger partial charge in [-0.05, 0) is 68.4 Å². The molecule has 0 radical (unpaired) electrons. The van der Waals surface area contributed by atoms with Crippen molar-refractivity contribution in [3.05, 3.63) is 63.9 Å². The molecule has 2 aliphatic heterocycles. The molecule has 8 nitrogen and oxygen atoms in total. The van der Waals surface area contributed by atoms with E-state index in [4.69, 9.17) is 16.3 Å². The number of anilines is 1. The Bertz CT molecular complexity index is 1340. The zero-order valence-corrected chi connectivity index (χ0v) is 23.7. The molecule has 1 saturated carbocycles. The van der Waals surface area contributed by atoms with Gasteiger partial charge in [-0.25, -0.2) is 14.4 Å². The highest BCUT2D eigenvalue weighted by molar-refractivity contribution is 6.30. The molecule has 212 valence electrons. The Hall–Kier alpha value is -3.20. The number of fused-ring (bicyclic) bond motifs is 1. The fourth-order valence-corrected chi connectivity index (χ4v) is 6.67. The first kappa shape index (κ1) is 27.0. The van der Waals surface area contributed by atoms with E-state index in [-0.39, 0.29) is 18.1 Å². The minimum atomic E-state index is -0.388. The van der Waals surface area contributed by atoms with Crippen molar-refractivity contribution in [2.75, 3.05) is 31.1 Å². The molecule has 2 unspecified atom stereocenters. The van der Waals surface area contributed by atoms with Crippen molar-refractivity contribution in [1.82, 2.24) is 25.1 Å². The molecule has 3 aromatic rings. The predicted octanol–water partition coefficient (Wildman–Crippen LogP) is 5.14. The van der Waals surface area contributed by atoms with Crippen LogP contribution in [0.15, 0.2) is 30.6 Å². The Morgan fingerprint density at radius 2 is 1.95 bits per heavy atom. The summed E-state index contributed by atoms with van der Waals surface area (Å²) in [5, 5.41) is 7.85. The molecular formula is C30H36ClFN6O2. The van der Waals surface area contributed by atoms with Gasteiger partial charge in [0.05, 0.1) is 36.1 Å². The number of H-pyrrole nitrogens is 1. The molecule has 10 heteroatoms. The Labute approximate surface area is 239 Å². The molecular weight excluding hydrogens is 531 g/mol. The van der Waals surface area contributed by atoms with Gasteiger partial charge in [0.1, 0.15) is 11.6 Å². The molecule has 4 heterocycles. The number of carbonyl (C=O) groups is 1. The van der Waals surface area contributed by atoms with E-state index >= 15 is 0 Å². The summed E-state index contributed by atoms with van der Waals surface area (Å²) in [5.41, 5.74) is 3.50. The number of ether oxygens (including phenoxy) is 1. The second-order valence-electron chi connectivity index (χ2n) is 11.4. The lowest BCUT2D eigenvalue weighted by Crippen LogP contribution is -2.42. The van der Waals surface area contributed by atoms with Gasteiger partial charge >= 0.3 is 0 Å². The van der Waals surface area contributed by atoms with Crippen LogP contribution in [0.2, 0.25) is 5.02 Å². The largest absolute Gasteiger partial charge is 0.493 e. The summed E-state index contributed by atoms with van der Waals surface area (Å²) >= 11 is 5.92. The van der Waals surface area contributed by atoms with Crippen molar-refractivity contribution >= 4 is 23.5 Å². The highest BCUT2D eigenvalue weighted by Crippen LogP contribution is 2.45. The number of hydrogen-bond donors (Lipinski definition) is 1. The maximum absolute atomic E-state index is 14.9. The Balaban J connectivity index is 0.945. The third-order valence-corrected chi connectivity index (χ3v) is 9.31. The van der Waals surface area contributed by atoms with E-state index in [0.29, 0.717) is 41.9 Å². The highest BCUT2D eigenvalue weighted by atomic mass is 35.5. The van der Waals surface area contributed by atoms with Gasteiger partial charge in [0.15, 0.2) is 0 Å². The van der Waals surface area contributed by atoms with Crippen molar-refractivity contribution in [3.8, 4) is 5.75 Å². The van der Waals surface area contributed by atoms with Crippen LogP contribution in [0.4, 0.5) is 10.3 Å². The number of nitrogens with one attached hydrogen (secondary N) is 1. The standard InChI is InChI=1S/C30H36ClFN6O2/c1-19-26-18-38(12-8-28(26)36-35-19)29(39)14-22-2-4-24(15-27(22)32)40-13-9-20-3-5-25(20)21-6-10-37(11-7-21)30-33-16-23(31)17-34-30/h2,4,15-17,20-21,25H,3,5-14,18H2,1H3,(H,35,36). The van der Waals surface area contributed by atoms with Gasteiger partial charge in [0.2, 0.25) is 11.9 Å². The van der Waals surface area contributed by atoms with E-state index in [2.05, 4.69) is 25.1 Å². The number of hydrogen-bond acceptors (Lipinski definition) is 6. The summed E-state index contributed by atoms with van der Waals surface area (Å²) in [6.07, 6.45) is 9.89. The zero-order valence-electron chi connectivity index (χ0n) is 22.9. The van der Waals surface area contributed by atoms with Crippen molar-refractivity contribution in [2.45, 2.75) is 58.4 Å². The highest BCUT2D eigenvalue weighted by Gasteiger charge is 2.38. The van der Waals surface area contributed by atoms with Crippen LogP contribution in [0.25, 0.3) is 0 Å². The maximum Gasteiger partial charge on any atom is 0.227 e. The molecule has 3 aliphatic rings. The topological polar surface area (TPSA) is 87.2 Å². The monoisotopic (exact) mass is 566 g/mol. The van der Waals surface area contributed by atoms with Crippen LogP contribution in [0.5, 0.6) is 5.75 Å². The summed E-state index contributed by atoms with van der Waals surface area (Å²) in [4.78, 5) is 25.6. The lowest BCUT2D eigenvalue weighted by atomic mass is 9.63. The van der Waals surface area contributed by atoms with Gasteiger partial charge < -0.3 is 14.5 Å². The third kappa shape index (κ3) is 5.80. The van der Waals surface area contributed by atoms with Gasteiger partial charge in [-0.1, -0.05) is 17.7 Å². The van der Waals surface area contributed by atoms with Crippen LogP contribution in [-0.4, -0.2) is 57.2 Å². The number of aryl methyl sites for hydroxylation is 1. The van der Waals surface area contributed by atoms with Crippen LogP contribution in [0.1, 0.15) is 54.6 Å². The number of amides is 1. The smallest absolute Gasteiger partial charge is 0.227 e. The van der Waals surface area contributed by atoms with Gasteiger partial charge in [-0.3, -0.25) is 9.89 Å². The van der Waals surface area contributed by atoms with Gasteiger partial charge in [0, 0.05) is 49.9 Å². The number of carbonyl (C=O) groups excluding carboxylic acids is 1. The van der Waals surface area contributed by atoms with Crippen molar-refractivity contribution < 1.29 is 13.9 Å². The Kier molecular flexibility index (Phi) is 7.91. The first-order valence-corrected chi connectivity index (χ1v) is 14.8. The first-order valence-electron chi connectivity index (χ1n) is 14.4. The lowest BCUT2D eigenvalue weighted by Gasteiger charge is -2.45. The van der Waals surface area contributed by atoms with E-state index in [9.17, 15) is 9.18 Å². The normalized spacial score (nSPS) is 21.2. The fourth-order valence-electron chi connectivity index (χ4n) is 6.58. The van der Waals surface area contributed by atoms with Crippen LogP contribution < -0.4 is 9.64 Å². The molecule has 0 bridgehead atoms. The molecule has 6 rings (SSSR count). The molecule has 1 N–H and O–H groups in total. The van der Waals surface area contributed by atoms with Crippen LogP contribution in [0.3, 0.4) is 0 Å². The van der Waals surface area contributed by atoms with Crippen LogP contribution in [0, 0.1) is 30.5 Å². The van der Waals surface area contributed by atoms with Gasteiger partial charge in [-0.2, -0.15) is 5.10 Å². The van der Waals surface area contributed by atoms with E-state index in [1.807, 2.05) is 6.92 Å². The molecule has 1 saturated heterocycles. The minimum Gasteiger partial charge on any atom is -0.493 e.